The number of aromatic nitrogens is 2. The Hall–Kier alpha value is -3.16. The van der Waals surface area contributed by atoms with Gasteiger partial charge in [-0.25, -0.2) is 0 Å². The molecule has 1 saturated carbocycles. The van der Waals surface area contributed by atoms with E-state index in [0.717, 1.165) is 18.5 Å². The third kappa shape index (κ3) is 5.22. The van der Waals surface area contributed by atoms with Crippen LogP contribution in [0.1, 0.15) is 72.5 Å². The van der Waals surface area contributed by atoms with Gasteiger partial charge in [0.15, 0.2) is 5.69 Å². The molecule has 1 aliphatic carbocycles. The molecule has 2 amide bonds. The molecule has 2 aromatic rings. The summed E-state index contributed by atoms with van der Waals surface area (Å²) in [6.45, 7) is 6.25. The molecule has 1 heterocycles. The van der Waals surface area contributed by atoms with E-state index in [1.165, 1.54) is 0 Å². The number of aliphatic carboxylic acids is 1. The van der Waals surface area contributed by atoms with Gasteiger partial charge < -0.3 is 15.7 Å². The van der Waals surface area contributed by atoms with E-state index in [1.807, 2.05) is 10.7 Å². The lowest BCUT2D eigenvalue weighted by atomic mass is 10.1. The van der Waals surface area contributed by atoms with E-state index in [-0.39, 0.29) is 30.3 Å². The second-order valence-electron chi connectivity index (χ2n) is 8.24. The highest BCUT2D eigenvalue weighted by atomic mass is 16.4. The number of anilines is 1. The molecule has 3 N–H and O–H groups in total. The van der Waals surface area contributed by atoms with Crippen LogP contribution in [0, 0.1) is 0 Å². The first-order valence-corrected chi connectivity index (χ1v) is 9.67. The smallest absolute Gasteiger partial charge is 0.305 e. The van der Waals surface area contributed by atoms with E-state index >= 15 is 0 Å². The van der Waals surface area contributed by atoms with Crippen LogP contribution in [0.2, 0.25) is 0 Å². The van der Waals surface area contributed by atoms with Gasteiger partial charge in [-0.3, -0.25) is 19.1 Å². The topological polar surface area (TPSA) is 113 Å². The zero-order valence-corrected chi connectivity index (χ0v) is 16.9. The lowest BCUT2D eigenvalue weighted by Gasteiger charge is -2.22. The van der Waals surface area contributed by atoms with E-state index in [4.69, 9.17) is 5.11 Å². The Labute approximate surface area is 169 Å². The Morgan fingerprint density at radius 3 is 2.34 bits per heavy atom. The van der Waals surface area contributed by atoms with Crippen molar-refractivity contribution in [1.82, 2.24) is 15.1 Å². The van der Waals surface area contributed by atoms with Gasteiger partial charge >= 0.3 is 5.97 Å². The molecule has 1 aliphatic rings. The fourth-order valence-electron chi connectivity index (χ4n) is 3.00. The third-order valence-electron chi connectivity index (χ3n) is 4.63. The number of amides is 2. The minimum Gasteiger partial charge on any atom is -0.481 e. The van der Waals surface area contributed by atoms with E-state index in [9.17, 15) is 14.4 Å². The second-order valence-corrected chi connectivity index (χ2v) is 8.24. The highest BCUT2D eigenvalue weighted by molar-refractivity contribution is 6.03. The zero-order valence-electron chi connectivity index (χ0n) is 16.9. The molecular formula is C21H26N4O4. The van der Waals surface area contributed by atoms with Crippen LogP contribution in [0.3, 0.4) is 0 Å². The van der Waals surface area contributed by atoms with E-state index in [1.54, 1.807) is 24.3 Å². The summed E-state index contributed by atoms with van der Waals surface area (Å²) >= 11 is 0. The minimum absolute atomic E-state index is 0.0619. The summed E-state index contributed by atoms with van der Waals surface area (Å²) in [5.74, 6) is -1.15. The van der Waals surface area contributed by atoms with E-state index in [2.05, 4.69) is 36.5 Å². The van der Waals surface area contributed by atoms with E-state index in [0.29, 0.717) is 22.9 Å². The number of nitrogens with one attached hydrogen (secondary N) is 2. The van der Waals surface area contributed by atoms with Gasteiger partial charge in [0.2, 0.25) is 0 Å². The number of benzene rings is 1. The minimum atomic E-state index is -0.970. The van der Waals surface area contributed by atoms with Crippen molar-refractivity contribution in [2.75, 3.05) is 11.9 Å². The highest BCUT2D eigenvalue weighted by Gasteiger charge is 2.32. The van der Waals surface area contributed by atoms with Gasteiger partial charge in [-0.2, -0.15) is 5.10 Å². The van der Waals surface area contributed by atoms with Crippen LogP contribution in [-0.2, 0) is 10.3 Å². The first kappa shape index (κ1) is 20.6. The van der Waals surface area contributed by atoms with Crippen LogP contribution in [-0.4, -0.2) is 39.2 Å². The SMILES string of the molecule is CC(C)(C)n1nc(C(=O)Nc2ccc(C(=O)NCCC(=O)O)cc2)cc1C1CC1. The lowest BCUT2D eigenvalue weighted by molar-refractivity contribution is -0.136. The van der Waals surface area contributed by atoms with Gasteiger partial charge in [0.1, 0.15) is 0 Å². The molecule has 8 heteroatoms. The molecule has 8 nitrogen and oxygen atoms in total. The third-order valence-corrected chi connectivity index (χ3v) is 4.63. The monoisotopic (exact) mass is 398 g/mol. The summed E-state index contributed by atoms with van der Waals surface area (Å²) in [7, 11) is 0. The van der Waals surface area contributed by atoms with Crippen LogP contribution in [0.25, 0.3) is 0 Å². The molecule has 0 radical (unpaired) electrons. The molecule has 1 aromatic heterocycles. The van der Waals surface area contributed by atoms with Crippen LogP contribution in [0.5, 0.6) is 0 Å². The summed E-state index contributed by atoms with van der Waals surface area (Å²) in [4.78, 5) is 35.1. The fraction of sp³-hybridized carbons (Fsp3) is 0.429. The number of hydrogen-bond acceptors (Lipinski definition) is 4. The van der Waals surface area contributed by atoms with Crippen LogP contribution in [0.15, 0.2) is 30.3 Å². The van der Waals surface area contributed by atoms with Crippen molar-refractivity contribution >= 4 is 23.5 Å². The summed E-state index contributed by atoms with van der Waals surface area (Å²) in [6, 6.07) is 8.28. The van der Waals surface area contributed by atoms with Crippen molar-refractivity contribution in [1.29, 1.82) is 0 Å². The summed E-state index contributed by atoms with van der Waals surface area (Å²) in [6.07, 6.45) is 2.11. The van der Waals surface area contributed by atoms with Crippen molar-refractivity contribution < 1.29 is 19.5 Å². The molecule has 0 bridgehead atoms. The normalized spacial score (nSPS) is 13.8. The Morgan fingerprint density at radius 2 is 1.79 bits per heavy atom. The number of carbonyl (C=O) groups excluding carboxylic acids is 2. The molecule has 29 heavy (non-hydrogen) atoms. The Kier molecular flexibility index (Phi) is 5.72. The average Bonchev–Trinajstić information content (AvgIpc) is 3.38. The molecule has 3 rings (SSSR count). The van der Waals surface area contributed by atoms with Crippen molar-refractivity contribution in [2.24, 2.45) is 0 Å². The first-order valence-electron chi connectivity index (χ1n) is 9.67. The zero-order chi connectivity index (χ0) is 21.2. The second kappa shape index (κ2) is 8.06. The Balaban J connectivity index is 1.65. The van der Waals surface area contributed by atoms with Crippen molar-refractivity contribution in [3.05, 3.63) is 47.3 Å². The highest BCUT2D eigenvalue weighted by Crippen LogP contribution is 2.41. The molecular weight excluding hydrogens is 372 g/mol. The lowest BCUT2D eigenvalue weighted by Crippen LogP contribution is -2.26. The number of rotatable bonds is 7. The number of carboxylic acid groups (broad SMARTS) is 1. The number of hydrogen-bond donors (Lipinski definition) is 3. The summed E-state index contributed by atoms with van der Waals surface area (Å²) in [5.41, 5.74) is 2.21. The molecule has 1 fully saturated rings. The quantitative estimate of drug-likeness (QED) is 0.664. The van der Waals surface area contributed by atoms with Crippen LogP contribution >= 0.6 is 0 Å². The van der Waals surface area contributed by atoms with Gasteiger partial charge in [0.05, 0.1) is 12.0 Å². The molecule has 0 saturated heterocycles. The molecule has 0 spiro atoms. The Morgan fingerprint density at radius 1 is 1.14 bits per heavy atom. The molecule has 0 aliphatic heterocycles. The molecule has 1 aromatic carbocycles. The maximum Gasteiger partial charge on any atom is 0.305 e. The van der Waals surface area contributed by atoms with Crippen molar-refractivity contribution in [2.45, 2.75) is 51.5 Å². The summed E-state index contributed by atoms with van der Waals surface area (Å²) in [5, 5.41) is 18.5. The fourth-order valence-corrected chi connectivity index (χ4v) is 3.00. The first-order chi connectivity index (χ1) is 13.6. The average molecular weight is 398 g/mol. The van der Waals surface area contributed by atoms with Gasteiger partial charge in [0.25, 0.3) is 11.8 Å². The van der Waals surface area contributed by atoms with Gasteiger partial charge in [0, 0.05) is 29.4 Å². The maximum absolute atomic E-state index is 12.7. The van der Waals surface area contributed by atoms with Gasteiger partial charge in [-0.05, 0) is 63.9 Å². The molecule has 154 valence electrons. The number of carboxylic acids is 1. The van der Waals surface area contributed by atoms with Gasteiger partial charge in [-0.1, -0.05) is 0 Å². The largest absolute Gasteiger partial charge is 0.481 e. The molecule has 0 unspecified atom stereocenters. The van der Waals surface area contributed by atoms with Crippen LogP contribution in [0.4, 0.5) is 5.69 Å². The van der Waals surface area contributed by atoms with Crippen LogP contribution < -0.4 is 10.6 Å². The van der Waals surface area contributed by atoms with Crippen molar-refractivity contribution in [3.63, 3.8) is 0 Å². The standard InChI is InChI=1S/C21H26N4O4/c1-21(2,3)25-17(13-4-5-13)12-16(24-25)20(29)23-15-8-6-14(7-9-15)19(28)22-11-10-18(26)27/h6-9,12-13H,4-5,10-11H2,1-3H3,(H,22,28)(H,23,29)(H,26,27). The number of nitrogens with zero attached hydrogens (tertiary/aromatic N) is 2. The Bertz CT molecular complexity index is 921. The molecule has 0 atom stereocenters. The predicted molar refractivity (Wildman–Crippen MR) is 108 cm³/mol. The predicted octanol–water partition coefficient (Wildman–Crippen LogP) is 2.97. The van der Waals surface area contributed by atoms with E-state index < -0.39 is 5.97 Å². The summed E-state index contributed by atoms with van der Waals surface area (Å²) < 4.78 is 1.93. The van der Waals surface area contributed by atoms with Gasteiger partial charge in [-0.15, -0.1) is 0 Å². The number of carbonyl (C=O) groups is 3. The maximum atomic E-state index is 12.7. The van der Waals surface area contributed by atoms with Crippen molar-refractivity contribution in [3.8, 4) is 0 Å².